The van der Waals surface area contributed by atoms with Crippen LogP contribution < -0.4 is 15.8 Å². The molecule has 0 aliphatic heterocycles. The predicted octanol–water partition coefficient (Wildman–Crippen LogP) is 5.26. The molecule has 0 aliphatic rings. The number of nitrogen functional groups attached to an aromatic ring is 1. The number of thiophene rings is 2. The fraction of sp³-hybridized carbons (Fsp3) is 0.100. The number of ether oxygens (including phenoxy) is 1. The van der Waals surface area contributed by atoms with E-state index in [9.17, 15) is 4.79 Å². The first-order valence-corrected chi connectivity index (χ1v) is 10.1. The van der Waals surface area contributed by atoms with Crippen molar-refractivity contribution in [2.24, 2.45) is 0 Å². The zero-order chi connectivity index (χ0) is 18.8. The van der Waals surface area contributed by atoms with Gasteiger partial charge in [-0.25, -0.2) is 4.98 Å². The maximum absolute atomic E-state index is 12.8. The second-order valence-corrected chi connectivity index (χ2v) is 7.70. The molecule has 1 aromatic carbocycles. The van der Waals surface area contributed by atoms with E-state index in [1.807, 2.05) is 54.8 Å². The Kier molecular flexibility index (Phi) is 4.79. The van der Waals surface area contributed by atoms with Crippen LogP contribution in [0.5, 0.6) is 5.75 Å². The molecule has 27 heavy (non-hydrogen) atoms. The number of anilines is 2. The van der Waals surface area contributed by atoms with Crippen molar-refractivity contribution in [1.29, 1.82) is 0 Å². The van der Waals surface area contributed by atoms with Gasteiger partial charge in [0.25, 0.3) is 5.91 Å². The normalized spacial score (nSPS) is 10.9. The van der Waals surface area contributed by atoms with Gasteiger partial charge in [-0.15, -0.1) is 22.7 Å². The molecule has 4 rings (SSSR count). The molecule has 0 saturated carbocycles. The Morgan fingerprint density at radius 3 is 2.81 bits per heavy atom. The maximum Gasteiger partial charge on any atom is 0.268 e. The van der Waals surface area contributed by atoms with Crippen LogP contribution in [-0.4, -0.2) is 17.5 Å². The van der Waals surface area contributed by atoms with Gasteiger partial charge >= 0.3 is 0 Å². The summed E-state index contributed by atoms with van der Waals surface area (Å²) in [5, 5.41) is 5.70. The average molecular weight is 396 g/mol. The number of fused-ring (bicyclic) bond motifs is 1. The lowest BCUT2D eigenvalue weighted by Crippen LogP contribution is -2.13. The first kappa shape index (κ1) is 17.5. The maximum atomic E-state index is 12.8. The average Bonchev–Trinajstić information content (AvgIpc) is 3.32. The number of nitrogens with two attached hydrogens (primary N) is 1. The SMILES string of the molecule is CCOc1ccccc1NC(=O)c1sc2nc(-c3cccs3)ccc2c1N. The summed E-state index contributed by atoms with van der Waals surface area (Å²) in [6, 6.07) is 15.2. The Hall–Kier alpha value is -2.90. The number of nitrogens with one attached hydrogen (secondary N) is 1. The van der Waals surface area contributed by atoms with Crippen LogP contribution in [0.15, 0.2) is 53.9 Å². The Balaban J connectivity index is 1.67. The molecule has 5 nitrogen and oxygen atoms in total. The van der Waals surface area contributed by atoms with E-state index in [0.717, 1.165) is 20.8 Å². The van der Waals surface area contributed by atoms with Gasteiger partial charge < -0.3 is 15.8 Å². The molecule has 0 bridgehead atoms. The van der Waals surface area contributed by atoms with E-state index in [0.29, 0.717) is 28.6 Å². The Bertz CT molecular complexity index is 1100. The molecule has 1 amide bonds. The molecule has 0 radical (unpaired) electrons. The molecule has 0 fully saturated rings. The highest BCUT2D eigenvalue weighted by atomic mass is 32.1. The van der Waals surface area contributed by atoms with Crippen molar-refractivity contribution in [3.63, 3.8) is 0 Å². The van der Waals surface area contributed by atoms with Gasteiger partial charge in [-0.2, -0.15) is 0 Å². The van der Waals surface area contributed by atoms with Gasteiger partial charge in [-0.3, -0.25) is 4.79 Å². The number of carbonyl (C=O) groups excluding carboxylic acids is 1. The summed E-state index contributed by atoms with van der Waals surface area (Å²) in [4.78, 5) is 19.8. The molecule has 7 heteroatoms. The van der Waals surface area contributed by atoms with E-state index in [-0.39, 0.29) is 5.91 Å². The summed E-state index contributed by atoms with van der Waals surface area (Å²) in [7, 11) is 0. The number of pyridine rings is 1. The summed E-state index contributed by atoms with van der Waals surface area (Å²) in [5.74, 6) is 0.367. The lowest BCUT2D eigenvalue weighted by atomic mass is 10.2. The van der Waals surface area contributed by atoms with Crippen LogP contribution in [0.2, 0.25) is 0 Å². The van der Waals surface area contributed by atoms with E-state index in [1.165, 1.54) is 11.3 Å². The van der Waals surface area contributed by atoms with Crippen LogP contribution >= 0.6 is 22.7 Å². The summed E-state index contributed by atoms with van der Waals surface area (Å²) >= 11 is 2.93. The van der Waals surface area contributed by atoms with Gasteiger partial charge in [-0.05, 0) is 42.6 Å². The number of hydrogen-bond acceptors (Lipinski definition) is 6. The Labute approximate surface area is 164 Å². The second-order valence-electron chi connectivity index (χ2n) is 5.75. The third kappa shape index (κ3) is 3.39. The van der Waals surface area contributed by atoms with Crippen LogP contribution in [0, 0.1) is 0 Å². The number of para-hydroxylation sites is 2. The second kappa shape index (κ2) is 7.38. The van der Waals surface area contributed by atoms with Crippen molar-refractivity contribution in [2.45, 2.75) is 6.92 Å². The number of benzene rings is 1. The van der Waals surface area contributed by atoms with Crippen LogP contribution in [0.3, 0.4) is 0 Å². The number of carbonyl (C=O) groups is 1. The monoisotopic (exact) mass is 395 g/mol. The fourth-order valence-electron chi connectivity index (χ4n) is 2.76. The highest BCUT2D eigenvalue weighted by molar-refractivity contribution is 7.21. The third-order valence-electron chi connectivity index (χ3n) is 4.01. The fourth-order valence-corrected chi connectivity index (χ4v) is 4.44. The van der Waals surface area contributed by atoms with Gasteiger partial charge in [0, 0.05) is 5.39 Å². The van der Waals surface area contributed by atoms with E-state index in [4.69, 9.17) is 10.5 Å². The first-order valence-electron chi connectivity index (χ1n) is 8.43. The zero-order valence-electron chi connectivity index (χ0n) is 14.6. The van der Waals surface area contributed by atoms with Crippen molar-refractivity contribution < 1.29 is 9.53 Å². The van der Waals surface area contributed by atoms with Crippen molar-refractivity contribution in [3.8, 4) is 16.3 Å². The molecule has 0 aliphatic carbocycles. The number of nitrogens with zero attached hydrogens (tertiary/aromatic N) is 1. The number of rotatable bonds is 5. The lowest BCUT2D eigenvalue weighted by molar-refractivity contribution is 0.103. The third-order valence-corrected chi connectivity index (χ3v) is 6.02. The van der Waals surface area contributed by atoms with Crippen molar-refractivity contribution >= 4 is 50.2 Å². The van der Waals surface area contributed by atoms with Crippen LogP contribution in [-0.2, 0) is 0 Å². The number of aromatic nitrogens is 1. The van der Waals surface area contributed by atoms with Gasteiger partial charge in [-0.1, -0.05) is 18.2 Å². The smallest absolute Gasteiger partial charge is 0.268 e. The van der Waals surface area contributed by atoms with Crippen molar-refractivity contribution in [2.75, 3.05) is 17.7 Å². The summed E-state index contributed by atoms with van der Waals surface area (Å²) in [5.41, 5.74) is 8.19. The first-order chi connectivity index (χ1) is 13.2. The highest BCUT2D eigenvalue weighted by Gasteiger charge is 2.19. The molecule has 0 saturated heterocycles. The molecule has 4 aromatic rings. The van der Waals surface area contributed by atoms with Gasteiger partial charge in [0.2, 0.25) is 0 Å². The van der Waals surface area contributed by atoms with E-state index >= 15 is 0 Å². The molecule has 3 aromatic heterocycles. The standard InChI is InChI=1S/C20H17N3O2S2/c1-2-25-15-7-4-3-6-13(15)22-19(24)18-17(21)12-9-10-14(23-20(12)27-18)16-8-5-11-26-16/h3-11H,2,21H2,1H3,(H,22,24). The minimum Gasteiger partial charge on any atom is -0.492 e. The molecule has 0 spiro atoms. The topological polar surface area (TPSA) is 77.2 Å². The summed E-state index contributed by atoms with van der Waals surface area (Å²) in [6.45, 7) is 2.42. The summed E-state index contributed by atoms with van der Waals surface area (Å²) in [6.07, 6.45) is 0. The van der Waals surface area contributed by atoms with E-state index in [1.54, 1.807) is 17.4 Å². The Morgan fingerprint density at radius 1 is 1.19 bits per heavy atom. The largest absolute Gasteiger partial charge is 0.492 e. The van der Waals surface area contributed by atoms with Gasteiger partial charge in [0.1, 0.15) is 15.5 Å². The highest BCUT2D eigenvalue weighted by Crippen LogP contribution is 2.36. The summed E-state index contributed by atoms with van der Waals surface area (Å²) < 4.78 is 5.57. The van der Waals surface area contributed by atoms with Gasteiger partial charge in [0.15, 0.2) is 0 Å². The lowest BCUT2D eigenvalue weighted by Gasteiger charge is -2.10. The molecule has 3 heterocycles. The molecule has 0 unspecified atom stereocenters. The van der Waals surface area contributed by atoms with Crippen LogP contribution in [0.25, 0.3) is 20.8 Å². The minimum atomic E-state index is -0.264. The van der Waals surface area contributed by atoms with Gasteiger partial charge in [0.05, 0.1) is 28.6 Å². The molecule has 136 valence electrons. The quantitative estimate of drug-likeness (QED) is 0.483. The van der Waals surface area contributed by atoms with Crippen molar-refractivity contribution in [1.82, 2.24) is 4.98 Å². The van der Waals surface area contributed by atoms with E-state index in [2.05, 4.69) is 10.3 Å². The molecular weight excluding hydrogens is 378 g/mol. The van der Waals surface area contributed by atoms with Crippen LogP contribution in [0.1, 0.15) is 16.6 Å². The molecule has 0 atom stereocenters. The number of hydrogen-bond donors (Lipinski definition) is 2. The predicted molar refractivity (Wildman–Crippen MR) is 113 cm³/mol. The molecular formula is C20H17N3O2S2. The Morgan fingerprint density at radius 2 is 2.04 bits per heavy atom. The van der Waals surface area contributed by atoms with E-state index < -0.39 is 0 Å². The number of amides is 1. The van der Waals surface area contributed by atoms with Crippen LogP contribution in [0.4, 0.5) is 11.4 Å². The van der Waals surface area contributed by atoms with Crippen molar-refractivity contribution in [3.05, 3.63) is 58.8 Å². The minimum absolute atomic E-state index is 0.264. The molecule has 3 N–H and O–H groups in total. The zero-order valence-corrected chi connectivity index (χ0v) is 16.2.